The van der Waals surface area contributed by atoms with Crippen LogP contribution in [0, 0.1) is 0 Å². The van der Waals surface area contributed by atoms with E-state index in [1.807, 2.05) is 50.4 Å². The minimum absolute atomic E-state index is 0.435. The second-order valence-electron chi connectivity index (χ2n) is 4.79. The second-order valence-corrected chi connectivity index (χ2v) is 6.08. The van der Waals surface area contributed by atoms with Crippen molar-refractivity contribution in [1.82, 2.24) is 5.32 Å². The first kappa shape index (κ1) is 17.1. The Balaban J connectivity index is 2.21. The number of hydrogen-bond donors (Lipinski definition) is 1. The molecule has 0 bridgehead atoms. The molecule has 0 heterocycles. The molecule has 0 amide bonds. The summed E-state index contributed by atoms with van der Waals surface area (Å²) in [5.74, 6) is 1.45. The van der Waals surface area contributed by atoms with Gasteiger partial charge in [-0.3, -0.25) is 0 Å². The van der Waals surface area contributed by atoms with Crippen LogP contribution in [0.1, 0.15) is 18.1 Å². The van der Waals surface area contributed by atoms with E-state index in [9.17, 15) is 0 Å². The number of ether oxygens (including phenoxy) is 2. The number of halogens is 2. The van der Waals surface area contributed by atoms with Gasteiger partial charge in [0, 0.05) is 11.6 Å². The normalized spacial score (nSPS) is 10.5. The molecule has 0 saturated heterocycles. The molecular formula is C17H19BrClNO2. The van der Waals surface area contributed by atoms with Crippen LogP contribution in [0.2, 0.25) is 5.02 Å². The second kappa shape index (κ2) is 8.42. The summed E-state index contributed by atoms with van der Waals surface area (Å²) < 4.78 is 12.5. The maximum Gasteiger partial charge on any atom is 0.175 e. The Morgan fingerprint density at radius 2 is 1.95 bits per heavy atom. The van der Waals surface area contributed by atoms with Gasteiger partial charge in [-0.25, -0.2) is 0 Å². The summed E-state index contributed by atoms with van der Waals surface area (Å²) in [5.41, 5.74) is 2.15. The zero-order chi connectivity index (χ0) is 15.9. The van der Waals surface area contributed by atoms with Crippen molar-refractivity contribution < 1.29 is 9.47 Å². The Hall–Kier alpha value is -1.23. The van der Waals surface area contributed by atoms with Crippen molar-refractivity contribution in [3.05, 3.63) is 57.0 Å². The van der Waals surface area contributed by atoms with E-state index in [-0.39, 0.29) is 0 Å². The lowest BCUT2D eigenvalue weighted by Crippen LogP contribution is -2.07. The highest BCUT2D eigenvalue weighted by atomic mass is 79.9. The first-order valence-corrected chi connectivity index (χ1v) is 8.28. The average Bonchev–Trinajstić information content (AvgIpc) is 2.47. The molecule has 0 radical (unpaired) electrons. The summed E-state index contributed by atoms with van der Waals surface area (Å²) in [4.78, 5) is 0. The third kappa shape index (κ3) is 4.63. The van der Waals surface area contributed by atoms with Crippen molar-refractivity contribution in [1.29, 1.82) is 0 Å². The highest BCUT2D eigenvalue weighted by Crippen LogP contribution is 2.37. The van der Waals surface area contributed by atoms with Crippen molar-refractivity contribution in [2.75, 3.05) is 13.7 Å². The van der Waals surface area contributed by atoms with E-state index in [1.165, 1.54) is 0 Å². The van der Waals surface area contributed by atoms with Crippen LogP contribution in [-0.4, -0.2) is 13.7 Å². The molecule has 0 atom stereocenters. The summed E-state index contributed by atoms with van der Waals surface area (Å²) in [6.45, 7) is 3.75. The molecule has 0 saturated carbocycles. The van der Waals surface area contributed by atoms with Crippen LogP contribution >= 0.6 is 27.5 Å². The maximum atomic E-state index is 6.00. The Labute approximate surface area is 144 Å². The van der Waals surface area contributed by atoms with E-state index in [0.29, 0.717) is 24.0 Å². The van der Waals surface area contributed by atoms with Gasteiger partial charge >= 0.3 is 0 Å². The van der Waals surface area contributed by atoms with Gasteiger partial charge < -0.3 is 14.8 Å². The monoisotopic (exact) mass is 383 g/mol. The van der Waals surface area contributed by atoms with Gasteiger partial charge in [0.1, 0.15) is 6.61 Å². The van der Waals surface area contributed by atoms with Crippen LogP contribution in [0.25, 0.3) is 0 Å². The fraction of sp³-hybridized carbons (Fsp3) is 0.294. The van der Waals surface area contributed by atoms with Crippen LogP contribution in [0.5, 0.6) is 11.5 Å². The Morgan fingerprint density at radius 3 is 2.64 bits per heavy atom. The Bertz CT molecular complexity index is 634. The molecule has 0 aliphatic carbocycles. The molecule has 0 aliphatic heterocycles. The summed E-state index contributed by atoms with van der Waals surface area (Å²) >= 11 is 9.57. The van der Waals surface area contributed by atoms with Gasteiger partial charge in [0.15, 0.2) is 11.5 Å². The molecule has 0 spiro atoms. The van der Waals surface area contributed by atoms with Crippen LogP contribution in [0.4, 0.5) is 0 Å². The molecule has 0 aliphatic rings. The predicted octanol–water partition coefficient (Wildman–Crippen LogP) is 4.80. The van der Waals surface area contributed by atoms with E-state index >= 15 is 0 Å². The SMILES string of the molecule is CCOc1cc(CNC)cc(Br)c1OCc1cccc(Cl)c1. The van der Waals surface area contributed by atoms with Crippen molar-refractivity contribution in [3.8, 4) is 11.5 Å². The van der Waals surface area contributed by atoms with E-state index in [4.69, 9.17) is 21.1 Å². The van der Waals surface area contributed by atoms with Crippen molar-refractivity contribution >= 4 is 27.5 Å². The zero-order valence-corrected chi connectivity index (χ0v) is 15.0. The third-order valence-corrected chi connectivity index (χ3v) is 3.85. The van der Waals surface area contributed by atoms with Gasteiger partial charge in [-0.05, 0) is 65.3 Å². The molecule has 0 fully saturated rings. The first-order valence-electron chi connectivity index (χ1n) is 7.11. The fourth-order valence-electron chi connectivity index (χ4n) is 2.11. The molecule has 1 N–H and O–H groups in total. The molecule has 5 heteroatoms. The molecule has 0 unspecified atom stereocenters. The van der Waals surface area contributed by atoms with E-state index in [1.54, 1.807) is 0 Å². The maximum absolute atomic E-state index is 6.00. The van der Waals surface area contributed by atoms with Crippen molar-refractivity contribution in [2.45, 2.75) is 20.1 Å². The van der Waals surface area contributed by atoms with E-state index in [2.05, 4.69) is 21.2 Å². The lowest BCUT2D eigenvalue weighted by Gasteiger charge is -2.15. The highest BCUT2D eigenvalue weighted by Gasteiger charge is 2.12. The fourth-order valence-corrected chi connectivity index (χ4v) is 2.93. The number of nitrogens with one attached hydrogen (secondary N) is 1. The van der Waals surface area contributed by atoms with Gasteiger partial charge in [-0.2, -0.15) is 0 Å². The highest BCUT2D eigenvalue weighted by molar-refractivity contribution is 9.10. The minimum Gasteiger partial charge on any atom is -0.490 e. The number of benzene rings is 2. The smallest absolute Gasteiger partial charge is 0.175 e. The predicted molar refractivity (Wildman–Crippen MR) is 93.9 cm³/mol. The average molecular weight is 385 g/mol. The zero-order valence-electron chi connectivity index (χ0n) is 12.7. The largest absolute Gasteiger partial charge is 0.490 e. The summed E-state index contributed by atoms with van der Waals surface area (Å²) in [6, 6.07) is 11.7. The Morgan fingerprint density at radius 1 is 1.14 bits per heavy atom. The van der Waals surface area contributed by atoms with Crippen LogP contribution in [0.3, 0.4) is 0 Å². The van der Waals surface area contributed by atoms with Gasteiger partial charge in [-0.15, -0.1) is 0 Å². The summed E-state index contributed by atoms with van der Waals surface area (Å²) in [6.07, 6.45) is 0. The Kier molecular flexibility index (Phi) is 6.55. The first-order chi connectivity index (χ1) is 10.6. The number of hydrogen-bond acceptors (Lipinski definition) is 3. The quantitative estimate of drug-likeness (QED) is 0.744. The van der Waals surface area contributed by atoms with Crippen molar-refractivity contribution in [2.24, 2.45) is 0 Å². The molecule has 22 heavy (non-hydrogen) atoms. The molecule has 2 aromatic carbocycles. The summed E-state index contributed by atoms with van der Waals surface area (Å²) in [5, 5.41) is 3.84. The van der Waals surface area contributed by atoms with Crippen LogP contribution < -0.4 is 14.8 Å². The van der Waals surface area contributed by atoms with E-state index in [0.717, 1.165) is 27.9 Å². The molecule has 3 nitrogen and oxygen atoms in total. The minimum atomic E-state index is 0.435. The van der Waals surface area contributed by atoms with Gasteiger partial charge in [0.2, 0.25) is 0 Å². The molecular weight excluding hydrogens is 366 g/mol. The molecule has 2 rings (SSSR count). The van der Waals surface area contributed by atoms with Crippen LogP contribution in [-0.2, 0) is 13.2 Å². The molecule has 0 aromatic heterocycles. The topological polar surface area (TPSA) is 30.5 Å². The van der Waals surface area contributed by atoms with Gasteiger partial charge in [-0.1, -0.05) is 23.7 Å². The standard InChI is InChI=1S/C17H19BrClNO2/c1-3-21-16-9-13(10-20-2)8-15(18)17(16)22-11-12-5-4-6-14(19)7-12/h4-9,20H,3,10-11H2,1-2H3. The number of rotatable bonds is 7. The third-order valence-electron chi connectivity index (χ3n) is 3.02. The lowest BCUT2D eigenvalue weighted by molar-refractivity contribution is 0.267. The van der Waals surface area contributed by atoms with E-state index < -0.39 is 0 Å². The van der Waals surface area contributed by atoms with Crippen LogP contribution in [0.15, 0.2) is 40.9 Å². The van der Waals surface area contributed by atoms with Crippen molar-refractivity contribution in [3.63, 3.8) is 0 Å². The molecule has 2 aromatic rings. The van der Waals surface area contributed by atoms with Gasteiger partial charge in [0.05, 0.1) is 11.1 Å². The molecule has 118 valence electrons. The summed E-state index contributed by atoms with van der Waals surface area (Å²) in [7, 11) is 1.91. The van der Waals surface area contributed by atoms with Gasteiger partial charge in [0.25, 0.3) is 0 Å². The lowest BCUT2D eigenvalue weighted by atomic mass is 10.2.